The highest BCUT2D eigenvalue weighted by Gasteiger charge is 2.41. The predicted molar refractivity (Wildman–Crippen MR) is 66.4 cm³/mol. The van der Waals surface area contributed by atoms with Gasteiger partial charge in [-0.2, -0.15) is 0 Å². The Morgan fingerprint density at radius 3 is 2.81 bits per heavy atom. The Bertz CT molecular complexity index is 374. The fourth-order valence-electron chi connectivity index (χ4n) is 1.89. The third-order valence-electron chi connectivity index (χ3n) is 3.05. The van der Waals surface area contributed by atoms with Gasteiger partial charge >= 0.3 is 0 Å². The molecule has 0 aliphatic heterocycles. The summed E-state index contributed by atoms with van der Waals surface area (Å²) in [5, 5.41) is 3.21. The van der Waals surface area contributed by atoms with Crippen molar-refractivity contribution in [2.75, 3.05) is 19.0 Å². The van der Waals surface area contributed by atoms with Crippen LogP contribution < -0.4 is 5.32 Å². The monoisotopic (exact) mass is 285 g/mol. The molecule has 0 atom stereocenters. The van der Waals surface area contributed by atoms with Gasteiger partial charge in [0.05, 0.1) is 4.47 Å². The molecule has 0 radical (unpaired) electrons. The lowest BCUT2D eigenvalue weighted by Crippen LogP contribution is -2.38. The summed E-state index contributed by atoms with van der Waals surface area (Å²) in [6, 6.07) is 0. The van der Waals surface area contributed by atoms with Crippen molar-refractivity contribution < 1.29 is 4.74 Å². The first-order chi connectivity index (χ1) is 7.72. The van der Waals surface area contributed by atoms with E-state index in [1.54, 1.807) is 13.3 Å². The predicted octanol–water partition coefficient (Wildman–Crippen LogP) is 2.70. The summed E-state index contributed by atoms with van der Waals surface area (Å²) in [4.78, 5) is 8.90. The Hall–Kier alpha value is -0.680. The van der Waals surface area contributed by atoms with E-state index in [0.29, 0.717) is 0 Å². The Kier molecular flexibility index (Phi) is 3.44. The van der Waals surface area contributed by atoms with Crippen molar-refractivity contribution in [3.63, 3.8) is 0 Å². The topological polar surface area (TPSA) is 47.0 Å². The first-order valence-corrected chi connectivity index (χ1v) is 6.33. The largest absolute Gasteiger partial charge is 0.370 e. The third-order valence-corrected chi connectivity index (χ3v) is 3.63. The van der Waals surface area contributed by atoms with Crippen molar-refractivity contribution in [3.05, 3.63) is 16.5 Å². The molecule has 1 saturated carbocycles. The summed E-state index contributed by atoms with van der Waals surface area (Å²) >= 11 is 3.43. The third kappa shape index (κ3) is 1.94. The number of anilines is 1. The van der Waals surface area contributed by atoms with Gasteiger partial charge in [0.2, 0.25) is 0 Å². The molecular formula is C11H16BrN3O. The van der Waals surface area contributed by atoms with Crippen molar-refractivity contribution in [1.82, 2.24) is 9.97 Å². The van der Waals surface area contributed by atoms with Crippen LogP contribution in [0.2, 0.25) is 0 Å². The lowest BCUT2D eigenvalue weighted by Gasteiger charge is -2.38. The number of nitrogens with one attached hydrogen (secondary N) is 1. The van der Waals surface area contributed by atoms with Gasteiger partial charge in [-0.3, -0.25) is 0 Å². The molecule has 88 valence electrons. The lowest BCUT2D eigenvalue weighted by molar-refractivity contribution is -0.0845. The van der Waals surface area contributed by atoms with Crippen molar-refractivity contribution in [1.29, 1.82) is 0 Å². The lowest BCUT2D eigenvalue weighted by atomic mass is 9.79. The molecule has 0 unspecified atom stereocenters. The standard InChI is InChI=1S/C11H16BrN3O/c1-3-13-9-8(12)7-14-10(15-9)11(16-2)5-4-6-11/h7H,3-6H2,1-2H3,(H,13,14,15). The average molecular weight is 286 g/mol. The van der Waals surface area contributed by atoms with Gasteiger partial charge in [-0.25, -0.2) is 9.97 Å². The summed E-state index contributed by atoms with van der Waals surface area (Å²) in [6.45, 7) is 2.89. The van der Waals surface area contributed by atoms with E-state index in [1.165, 1.54) is 6.42 Å². The van der Waals surface area contributed by atoms with Crippen LogP contribution in [0.3, 0.4) is 0 Å². The summed E-state index contributed by atoms with van der Waals surface area (Å²) in [5.74, 6) is 1.64. The number of halogens is 1. The summed E-state index contributed by atoms with van der Waals surface area (Å²) in [7, 11) is 1.73. The second-order valence-corrected chi connectivity index (χ2v) is 4.83. The summed E-state index contributed by atoms with van der Waals surface area (Å²) in [5.41, 5.74) is -0.245. The minimum absolute atomic E-state index is 0.245. The highest BCUT2D eigenvalue weighted by Crippen LogP contribution is 2.43. The van der Waals surface area contributed by atoms with Crippen LogP contribution in [0.4, 0.5) is 5.82 Å². The minimum Gasteiger partial charge on any atom is -0.370 e. The molecule has 4 nitrogen and oxygen atoms in total. The number of hydrogen-bond donors (Lipinski definition) is 1. The average Bonchev–Trinajstić information content (AvgIpc) is 2.22. The van der Waals surface area contributed by atoms with E-state index in [-0.39, 0.29) is 5.60 Å². The van der Waals surface area contributed by atoms with Crippen LogP contribution in [0.25, 0.3) is 0 Å². The van der Waals surface area contributed by atoms with Crippen molar-refractivity contribution in [2.24, 2.45) is 0 Å². The second-order valence-electron chi connectivity index (χ2n) is 3.97. The molecule has 1 aliphatic carbocycles. The quantitative estimate of drug-likeness (QED) is 0.924. The molecular weight excluding hydrogens is 270 g/mol. The number of methoxy groups -OCH3 is 1. The maximum Gasteiger partial charge on any atom is 0.162 e. The number of nitrogens with zero attached hydrogens (tertiary/aromatic N) is 2. The number of rotatable bonds is 4. The van der Waals surface area contributed by atoms with Gasteiger partial charge in [0.15, 0.2) is 5.82 Å². The molecule has 16 heavy (non-hydrogen) atoms. The summed E-state index contributed by atoms with van der Waals surface area (Å²) < 4.78 is 6.46. The van der Waals surface area contributed by atoms with E-state index in [4.69, 9.17) is 4.74 Å². The van der Waals surface area contributed by atoms with E-state index in [0.717, 1.165) is 35.5 Å². The highest BCUT2D eigenvalue weighted by molar-refractivity contribution is 9.10. The highest BCUT2D eigenvalue weighted by atomic mass is 79.9. The van der Waals surface area contributed by atoms with Gasteiger partial charge in [0.25, 0.3) is 0 Å². The Morgan fingerprint density at radius 1 is 1.56 bits per heavy atom. The smallest absolute Gasteiger partial charge is 0.162 e. The Balaban J connectivity index is 2.31. The molecule has 0 spiro atoms. The van der Waals surface area contributed by atoms with Gasteiger partial charge in [-0.15, -0.1) is 0 Å². The van der Waals surface area contributed by atoms with Crippen molar-refractivity contribution >= 4 is 21.7 Å². The van der Waals surface area contributed by atoms with E-state index in [9.17, 15) is 0 Å². The normalized spacial score (nSPS) is 17.9. The Morgan fingerprint density at radius 2 is 2.31 bits per heavy atom. The molecule has 1 aromatic rings. The number of ether oxygens (including phenoxy) is 1. The van der Waals surface area contributed by atoms with Crippen LogP contribution in [-0.4, -0.2) is 23.6 Å². The van der Waals surface area contributed by atoms with Gasteiger partial charge in [0, 0.05) is 19.9 Å². The summed E-state index contributed by atoms with van der Waals surface area (Å²) in [6.07, 6.45) is 5.00. The zero-order chi connectivity index (χ0) is 11.6. The molecule has 0 saturated heterocycles. The van der Waals surface area contributed by atoms with E-state index in [2.05, 4.69) is 31.2 Å². The van der Waals surface area contributed by atoms with Gasteiger partial charge in [-0.05, 0) is 42.1 Å². The first-order valence-electron chi connectivity index (χ1n) is 5.54. The molecule has 0 bridgehead atoms. The maximum atomic E-state index is 5.56. The van der Waals surface area contributed by atoms with Crippen LogP contribution >= 0.6 is 15.9 Å². The minimum atomic E-state index is -0.245. The fraction of sp³-hybridized carbons (Fsp3) is 0.636. The number of aromatic nitrogens is 2. The molecule has 1 fully saturated rings. The fourth-order valence-corrected chi connectivity index (χ4v) is 2.23. The first kappa shape index (κ1) is 11.8. The van der Waals surface area contributed by atoms with Crippen LogP contribution in [-0.2, 0) is 10.3 Å². The van der Waals surface area contributed by atoms with E-state index >= 15 is 0 Å². The molecule has 5 heteroatoms. The molecule has 0 aromatic carbocycles. The number of hydrogen-bond acceptors (Lipinski definition) is 4. The van der Waals surface area contributed by atoms with Crippen molar-refractivity contribution in [2.45, 2.75) is 31.8 Å². The molecule has 1 heterocycles. The van der Waals surface area contributed by atoms with Crippen LogP contribution in [0, 0.1) is 0 Å². The van der Waals surface area contributed by atoms with E-state index in [1.807, 2.05) is 6.92 Å². The maximum absolute atomic E-state index is 5.56. The van der Waals surface area contributed by atoms with Crippen molar-refractivity contribution in [3.8, 4) is 0 Å². The van der Waals surface area contributed by atoms with Crippen LogP contribution in [0.15, 0.2) is 10.7 Å². The molecule has 2 rings (SSSR count). The van der Waals surface area contributed by atoms with Gasteiger partial charge < -0.3 is 10.1 Å². The zero-order valence-electron chi connectivity index (χ0n) is 9.59. The molecule has 1 aromatic heterocycles. The zero-order valence-corrected chi connectivity index (χ0v) is 11.2. The van der Waals surface area contributed by atoms with Crippen LogP contribution in [0.5, 0.6) is 0 Å². The van der Waals surface area contributed by atoms with E-state index < -0.39 is 0 Å². The second kappa shape index (κ2) is 4.67. The Labute approximate surface area is 104 Å². The van der Waals surface area contributed by atoms with Crippen LogP contribution in [0.1, 0.15) is 32.0 Å². The molecule has 1 N–H and O–H groups in total. The molecule has 1 aliphatic rings. The van der Waals surface area contributed by atoms with Gasteiger partial charge in [0.1, 0.15) is 11.4 Å². The SMILES string of the molecule is CCNc1nc(C2(OC)CCC2)ncc1Br. The molecule has 0 amide bonds. The van der Waals surface area contributed by atoms with Gasteiger partial charge in [-0.1, -0.05) is 0 Å².